The molecule has 0 amide bonds. The third kappa shape index (κ3) is 4.20. The summed E-state index contributed by atoms with van der Waals surface area (Å²) in [5.74, 6) is 0.689. The lowest BCUT2D eigenvalue weighted by atomic mass is 9.91. The van der Waals surface area contributed by atoms with E-state index in [1.54, 1.807) is 13.2 Å². The van der Waals surface area contributed by atoms with Crippen molar-refractivity contribution in [2.24, 2.45) is 5.41 Å². The molecule has 1 aromatic heterocycles. The predicted molar refractivity (Wildman–Crippen MR) is 94.4 cm³/mol. The Bertz CT molecular complexity index is 898. The molecule has 1 N–H and O–H groups in total. The molecule has 0 atom stereocenters. The van der Waals surface area contributed by atoms with Gasteiger partial charge < -0.3 is 9.72 Å². The molecular formula is C18H21NO3S. The molecule has 0 bridgehead atoms. The van der Waals surface area contributed by atoms with E-state index in [1.165, 1.54) is 17.4 Å². The number of benzene rings is 1. The Kier molecular flexibility index (Phi) is 4.90. The van der Waals surface area contributed by atoms with E-state index in [1.807, 2.05) is 45.9 Å². The number of thiazole rings is 1. The molecule has 1 aromatic carbocycles. The van der Waals surface area contributed by atoms with Crippen LogP contribution >= 0.6 is 11.3 Å². The molecule has 0 unspecified atom stereocenters. The zero-order valence-corrected chi connectivity index (χ0v) is 14.8. The summed E-state index contributed by atoms with van der Waals surface area (Å²) in [5, 5.41) is 0. The zero-order chi connectivity index (χ0) is 17.2. The summed E-state index contributed by atoms with van der Waals surface area (Å²) in [7, 11) is 1.60. The van der Waals surface area contributed by atoms with E-state index >= 15 is 0 Å². The number of H-pyrrole nitrogens is 1. The molecule has 0 spiro atoms. The highest BCUT2D eigenvalue weighted by molar-refractivity contribution is 7.07. The zero-order valence-electron chi connectivity index (χ0n) is 14.0. The Balaban J connectivity index is 2.55. The Labute approximate surface area is 139 Å². The second-order valence-electron chi connectivity index (χ2n) is 6.43. The van der Waals surface area contributed by atoms with Crippen LogP contribution in [0.5, 0.6) is 5.75 Å². The number of rotatable bonds is 3. The van der Waals surface area contributed by atoms with Crippen LogP contribution in [-0.2, 0) is 4.79 Å². The number of aryl methyl sites for hydroxylation is 1. The average Bonchev–Trinajstić information content (AvgIpc) is 2.78. The summed E-state index contributed by atoms with van der Waals surface area (Å²) in [4.78, 5) is 26.9. The third-order valence-corrected chi connectivity index (χ3v) is 4.32. The topological polar surface area (TPSA) is 59.2 Å². The number of methoxy groups -OCH3 is 1. The largest absolute Gasteiger partial charge is 0.496 e. The van der Waals surface area contributed by atoms with Gasteiger partial charge >= 0.3 is 0 Å². The molecule has 1 heterocycles. The molecule has 0 aliphatic heterocycles. The first-order valence-electron chi connectivity index (χ1n) is 7.32. The maximum Gasteiger partial charge on any atom is 0.266 e. The quantitative estimate of drug-likeness (QED) is 0.935. The number of hydrogen-bond donors (Lipinski definition) is 1. The number of aromatic nitrogens is 1. The molecular weight excluding hydrogens is 310 g/mol. The second kappa shape index (κ2) is 6.54. The van der Waals surface area contributed by atoms with Gasteiger partial charge in [-0.2, -0.15) is 0 Å². The maximum absolute atomic E-state index is 12.1. The van der Waals surface area contributed by atoms with E-state index in [-0.39, 0.29) is 11.3 Å². The number of ketones is 1. The molecule has 2 aromatic rings. The Morgan fingerprint density at radius 3 is 2.61 bits per heavy atom. The Morgan fingerprint density at radius 1 is 1.30 bits per heavy atom. The van der Waals surface area contributed by atoms with Gasteiger partial charge in [0.2, 0.25) is 0 Å². The minimum Gasteiger partial charge on any atom is -0.496 e. The summed E-state index contributed by atoms with van der Waals surface area (Å²) in [6.07, 6.45) is 3.28. The van der Waals surface area contributed by atoms with Crippen LogP contribution in [0.1, 0.15) is 31.9 Å². The lowest BCUT2D eigenvalue weighted by molar-refractivity contribution is -0.119. The smallest absolute Gasteiger partial charge is 0.266 e. The lowest BCUT2D eigenvalue weighted by Gasteiger charge is -2.12. The molecule has 0 fully saturated rings. The van der Waals surface area contributed by atoms with Crippen LogP contribution < -0.4 is 19.5 Å². The molecule has 0 radical (unpaired) electrons. The van der Waals surface area contributed by atoms with Crippen LogP contribution in [0.15, 0.2) is 23.0 Å². The number of nitrogens with one attached hydrogen (secondary N) is 1. The summed E-state index contributed by atoms with van der Waals surface area (Å²) >= 11 is 1.27. The highest BCUT2D eigenvalue weighted by atomic mass is 32.1. The van der Waals surface area contributed by atoms with Gasteiger partial charge in [-0.3, -0.25) is 9.59 Å². The van der Waals surface area contributed by atoms with Crippen LogP contribution in [0, 0.1) is 12.3 Å². The van der Waals surface area contributed by atoms with Gasteiger partial charge in [0.25, 0.3) is 5.56 Å². The van der Waals surface area contributed by atoms with Crippen molar-refractivity contribution < 1.29 is 9.53 Å². The van der Waals surface area contributed by atoms with Gasteiger partial charge in [-0.05, 0) is 25.1 Å². The van der Waals surface area contributed by atoms with Crippen molar-refractivity contribution >= 4 is 29.3 Å². The van der Waals surface area contributed by atoms with Crippen molar-refractivity contribution in [3.63, 3.8) is 0 Å². The minimum absolute atomic E-state index is 0.0188. The van der Waals surface area contributed by atoms with Gasteiger partial charge in [-0.25, -0.2) is 0 Å². The molecule has 0 aliphatic rings. The van der Waals surface area contributed by atoms with Gasteiger partial charge in [0.1, 0.15) is 5.75 Å². The van der Waals surface area contributed by atoms with Crippen molar-refractivity contribution in [1.82, 2.24) is 4.98 Å². The van der Waals surface area contributed by atoms with E-state index in [4.69, 9.17) is 4.74 Å². The molecule has 0 saturated carbocycles. The van der Waals surface area contributed by atoms with Crippen molar-refractivity contribution in [2.45, 2.75) is 27.7 Å². The van der Waals surface area contributed by atoms with Crippen LogP contribution in [0.2, 0.25) is 0 Å². The van der Waals surface area contributed by atoms with Gasteiger partial charge in [-0.15, -0.1) is 11.3 Å². The Hall–Kier alpha value is -2.14. The molecule has 2 rings (SSSR count). The fourth-order valence-electron chi connectivity index (χ4n) is 1.97. The average molecular weight is 331 g/mol. The van der Waals surface area contributed by atoms with Crippen LogP contribution in [0.25, 0.3) is 12.2 Å². The molecule has 4 nitrogen and oxygen atoms in total. The fraction of sp³-hybridized carbons (Fsp3) is 0.333. The first-order chi connectivity index (χ1) is 10.7. The molecule has 0 aliphatic carbocycles. The van der Waals surface area contributed by atoms with Crippen molar-refractivity contribution in [2.75, 3.05) is 7.11 Å². The number of carbonyl (C=O) groups excluding carboxylic acids is 1. The number of aromatic amines is 1. The minimum atomic E-state index is -0.468. The predicted octanol–water partition coefficient (Wildman–Crippen LogP) is 1.98. The maximum atomic E-state index is 12.1. The summed E-state index contributed by atoms with van der Waals surface area (Å²) in [6.45, 7) is 7.53. The molecule has 0 saturated heterocycles. The molecule has 23 heavy (non-hydrogen) atoms. The number of hydrogen-bond acceptors (Lipinski definition) is 4. The fourth-order valence-corrected chi connectivity index (χ4v) is 2.84. The number of ether oxygens (including phenoxy) is 1. The van der Waals surface area contributed by atoms with E-state index < -0.39 is 5.41 Å². The Morgan fingerprint density at radius 2 is 2.00 bits per heavy atom. The van der Waals surface area contributed by atoms with E-state index in [9.17, 15) is 9.59 Å². The van der Waals surface area contributed by atoms with Crippen molar-refractivity contribution in [1.29, 1.82) is 0 Å². The van der Waals surface area contributed by atoms with Crippen LogP contribution in [0.4, 0.5) is 0 Å². The summed E-state index contributed by atoms with van der Waals surface area (Å²) < 4.78 is 6.43. The summed E-state index contributed by atoms with van der Waals surface area (Å²) in [5.41, 5.74) is 1.25. The van der Waals surface area contributed by atoms with E-state index in [0.717, 1.165) is 11.1 Å². The standard InChI is InChI=1S/C18H21NO3S/c1-11-6-7-13(22-5)12(8-11)9-14-17(21)19-16(23-14)10-15(20)18(2,3)4/h6-10H,1-5H3,(H,19,21)/b14-9-,16-10+. The van der Waals surface area contributed by atoms with E-state index in [2.05, 4.69) is 4.98 Å². The second-order valence-corrected chi connectivity index (χ2v) is 7.52. The normalized spacial score (nSPS) is 13.4. The lowest BCUT2D eigenvalue weighted by Crippen LogP contribution is -2.22. The molecule has 5 heteroatoms. The van der Waals surface area contributed by atoms with E-state index in [0.29, 0.717) is 14.9 Å². The highest BCUT2D eigenvalue weighted by Gasteiger charge is 2.18. The first-order valence-corrected chi connectivity index (χ1v) is 8.14. The summed E-state index contributed by atoms with van der Waals surface area (Å²) in [6, 6.07) is 5.79. The first kappa shape index (κ1) is 17.2. The van der Waals surface area contributed by atoms with Gasteiger partial charge in [0.05, 0.1) is 16.3 Å². The number of Topliss-reactive ketones (excluding diaryl/α,β-unsaturated/α-hetero) is 1. The van der Waals surface area contributed by atoms with Crippen LogP contribution in [0.3, 0.4) is 0 Å². The third-order valence-electron chi connectivity index (χ3n) is 3.35. The van der Waals surface area contributed by atoms with Gasteiger partial charge in [0.15, 0.2) is 5.78 Å². The monoisotopic (exact) mass is 331 g/mol. The molecule has 122 valence electrons. The highest BCUT2D eigenvalue weighted by Crippen LogP contribution is 2.20. The van der Waals surface area contributed by atoms with Gasteiger partial charge in [-0.1, -0.05) is 32.4 Å². The SMILES string of the molecule is COc1ccc(C)cc1/C=c1\s/c(=C/C(=O)C(C)(C)C)[nH]c1=O. The number of carbonyl (C=O) groups is 1. The van der Waals surface area contributed by atoms with Crippen molar-refractivity contribution in [3.05, 3.63) is 48.9 Å². The van der Waals surface area contributed by atoms with Gasteiger partial charge in [0, 0.05) is 17.1 Å². The van der Waals surface area contributed by atoms with Crippen molar-refractivity contribution in [3.8, 4) is 5.75 Å². The van der Waals surface area contributed by atoms with Crippen LogP contribution in [-0.4, -0.2) is 17.9 Å².